The molecular weight excluding hydrogens is 483 g/mol. The molecule has 1 N–H and O–H groups in total. The van der Waals surface area contributed by atoms with Crippen LogP contribution in [0, 0.1) is 11.7 Å². The van der Waals surface area contributed by atoms with Gasteiger partial charge in [-0.25, -0.2) is 9.18 Å². The maximum Gasteiger partial charge on any atom is 0.338 e. The zero-order chi connectivity index (χ0) is 22.9. The lowest BCUT2D eigenvalue weighted by atomic mass is 9.76. The Morgan fingerprint density at radius 1 is 1.09 bits per heavy atom. The molecule has 0 amide bonds. The predicted octanol–water partition coefficient (Wildman–Crippen LogP) is 7.41. The SMILES string of the molecule is C[C@H](CC1CCC(c2ccnc3ccc(F)cc23)CC1)Nc1cc(=O)oc2ccc(Br)cc12. The number of nitrogens with zero attached hydrogens (tertiary/aromatic N) is 1. The van der Waals surface area contributed by atoms with Crippen molar-refractivity contribution in [3.05, 3.63) is 81.0 Å². The third-order valence-corrected chi connectivity index (χ3v) is 7.31. The molecule has 4 aromatic rings. The zero-order valence-electron chi connectivity index (χ0n) is 18.5. The van der Waals surface area contributed by atoms with Gasteiger partial charge in [0.2, 0.25) is 0 Å². The van der Waals surface area contributed by atoms with E-state index in [2.05, 4.69) is 39.2 Å². The molecule has 6 heteroatoms. The molecule has 0 unspecified atom stereocenters. The molecule has 0 bridgehead atoms. The van der Waals surface area contributed by atoms with Gasteiger partial charge >= 0.3 is 5.63 Å². The number of halogens is 2. The number of nitrogens with one attached hydrogen (secondary N) is 1. The summed E-state index contributed by atoms with van der Waals surface area (Å²) < 4.78 is 20.1. The van der Waals surface area contributed by atoms with Crippen LogP contribution >= 0.6 is 15.9 Å². The first kappa shape index (κ1) is 22.1. The Morgan fingerprint density at radius 3 is 2.73 bits per heavy atom. The Balaban J connectivity index is 1.25. The van der Waals surface area contributed by atoms with E-state index in [1.807, 2.05) is 24.4 Å². The van der Waals surface area contributed by atoms with Crippen LogP contribution in [0.15, 0.2) is 68.4 Å². The lowest BCUT2D eigenvalue weighted by Crippen LogP contribution is -2.23. The molecule has 0 saturated heterocycles. The lowest BCUT2D eigenvalue weighted by molar-refractivity contribution is 0.302. The van der Waals surface area contributed by atoms with E-state index in [9.17, 15) is 9.18 Å². The maximum absolute atomic E-state index is 13.9. The van der Waals surface area contributed by atoms with Crippen molar-refractivity contribution in [2.75, 3.05) is 5.32 Å². The molecule has 4 nitrogen and oxygen atoms in total. The second-order valence-electron chi connectivity index (χ2n) is 9.18. The summed E-state index contributed by atoms with van der Waals surface area (Å²) in [4.78, 5) is 16.4. The summed E-state index contributed by atoms with van der Waals surface area (Å²) in [6, 6.07) is 14.3. The summed E-state index contributed by atoms with van der Waals surface area (Å²) in [5.74, 6) is 0.850. The van der Waals surface area contributed by atoms with Crippen molar-refractivity contribution in [3.63, 3.8) is 0 Å². The minimum absolute atomic E-state index is 0.208. The van der Waals surface area contributed by atoms with Gasteiger partial charge < -0.3 is 9.73 Å². The van der Waals surface area contributed by atoms with Gasteiger partial charge in [0.25, 0.3) is 0 Å². The van der Waals surface area contributed by atoms with E-state index < -0.39 is 0 Å². The van der Waals surface area contributed by atoms with Crippen LogP contribution in [0.4, 0.5) is 10.1 Å². The van der Waals surface area contributed by atoms with Crippen molar-refractivity contribution in [1.82, 2.24) is 4.98 Å². The second-order valence-corrected chi connectivity index (χ2v) is 10.1. The van der Waals surface area contributed by atoms with E-state index in [1.165, 1.54) is 17.7 Å². The van der Waals surface area contributed by atoms with Crippen LogP contribution in [0.3, 0.4) is 0 Å². The molecule has 33 heavy (non-hydrogen) atoms. The largest absolute Gasteiger partial charge is 0.423 e. The summed E-state index contributed by atoms with van der Waals surface area (Å²) in [7, 11) is 0. The highest BCUT2D eigenvalue weighted by Crippen LogP contribution is 2.40. The standard InChI is InChI=1S/C27H26BrFN2O2/c1-16(31-25-15-27(32)33-26-9-6-19(28)13-23(25)26)12-17-2-4-18(5-3-17)21-10-11-30-24-8-7-20(29)14-22(21)24/h6-11,13-18,31H,2-5,12H2,1H3/t16-,17?,18?/m1/s1. The number of benzene rings is 2. The summed E-state index contributed by atoms with van der Waals surface area (Å²) in [5.41, 5.74) is 3.13. The molecule has 2 aromatic heterocycles. The number of aromatic nitrogens is 1. The van der Waals surface area contributed by atoms with E-state index >= 15 is 0 Å². The predicted molar refractivity (Wildman–Crippen MR) is 134 cm³/mol. The average Bonchev–Trinajstić information content (AvgIpc) is 2.79. The van der Waals surface area contributed by atoms with Crippen molar-refractivity contribution < 1.29 is 8.81 Å². The number of anilines is 1. The van der Waals surface area contributed by atoms with Crippen molar-refractivity contribution in [2.45, 2.75) is 51.0 Å². The van der Waals surface area contributed by atoms with Crippen molar-refractivity contribution >= 4 is 43.5 Å². The molecule has 170 valence electrons. The van der Waals surface area contributed by atoms with E-state index in [4.69, 9.17) is 4.42 Å². The molecular formula is C27H26BrFN2O2. The Kier molecular flexibility index (Phi) is 6.19. The van der Waals surface area contributed by atoms with E-state index in [1.54, 1.807) is 12.1 Å². The summed E-state index contributed by atoms with van der Waals surface area (Å²) >= 11 is 3.50. The Morgan fingerprint density at radius 2 is 1.91 bits per heavy atom. The summed E-state index contributed by atoms with van der Waals surface area (Å²) in [5, 5.41) is 5.38. The molecule has 0 spiro atoms. The number of hydrogen-bond acceptors (Lipinski definition) is 4. The molecule has 2 heterocycles. The zero-order valence-corrected chi connectivity index (χ0v) is 20.1. The first-order valence-electron chi connectivity index (χ1n) is 11.5. The normalized spacial score (nSPS) is 19.6. The number of fused-ring (bicyclic) bond motifs is 2. The van der Waals surface area contributed by atoms with Gasteiger partial charge in [-0.3, -0.25) is 4.98 Å². The van der Waals surface area contributed by atoms with E-state index in [0.29, 0.717) is 17.4 Å². The van der Waals surface area contributed by atoms with Crippen LogP contribution < -0.4 is 10.9 Å². The smallest absolute Gasteiger partial charge is 0.338 e. The minimum Gasteiger partial charge on any atom is -0.423 e. The van der Waals surface area contributed by atoms with Gasteiger partial charge in [-0.2, -0.15) is 0 Å². The first-order valence-corrected chi connectivity index (χ1v) is 12.3. The molecule has 0 radical (unpaired) electrons. The highest BCUT2D eigenvalue weighted by atomic mass is 79.9. The maximum atomic E-state index is 13.9. The van der Waals surface area contributed by atoms with Crippen LogP contribution in [-0.4, -0.2) is 11.0 Å². The molecule has 1 aliphatic carbocycles. The topological polar surface area (TPSA) is 55.1 Å². The monoisotopic (exact) mass is 508 g/mol. The Bertz CT molecular complexity index is 1360. The van der Waals surface area contributed by atoms with Gasteiger partial charge in [0.1, 0.15) is 11.4 Å². The third kappa shape index (κ3) is 4.81. The van der Waals surface area contributed by atoms with Crippen LogP contribution in [0.2, 0.25) is 0 Å². The highest BCUT2D eigenvalue weighted by Gasteiger charge is 2.25. The number of rotatable bonds is 5. The van der Waals surface area contributed by atoms with Crippen LogP contribution in [0.5, 0.6) is 0 Å². The Labute approximate surface area is 200 Å². The molecule has 1 fully saturated rings. The summed E-state index contributed by atoms with van der Waals surface area (Å²) in [6.45, 7) is 2.17. The van der Waals surface area contributed by atoms with Gasteiger partial charge in [-0.15, -0.1) is 0 Å². The lowest BCUT2D eigenvalue weighted by Gasteiger charge is -2.31. The fourth-order valence-electron chi connectivity index (χ4n) is 5.28. The van der Waals surface area contributed by atoms with Crippen molar-refractivity contribution in [2.24, 2.45) is 5.92 Å². The summed E-state index contributed by atoms with van der Waals surface area (Å²) in [6.07, 6.45) is 7.34. The van der Waals surface area contributed by atoms with E-state index in [0.717, 1.165) is 58.6 Å². The molecule has 2 aromatic carbocycles. The van der Waals surface area contributed by atoms with Gasteiger partial charge in [0.05, 0.1) is 11.2 Å². The molecule has 5 rings (SSSR count). The van der Waals surface area contributed by atoms with Gasteiger partial charge in [-0.05, 0) is 98.9 Å². The number of pyridine rings is 1. The fourth-order valence-corrected chi connectivity index (χ4v) is 5.64. The number of hydrogen-bond donors (Lipinski definition) is 1. The van der Waals surface area contributed by atoms with Crippen molar-refractivity contribution in [1.29, 1.82) is 0 Å². The highest BCUT2D eigenvalue weighted by molar-refractivity contribution is 9.10. The van der Waals surface area contributed by atoms with Gasteiger partial charge in [0.15, 0.2) is 0 Å². The molecule has 0 aliphatic heterocycles. The second kappa shape index (κ2) is 9.26. The van der Waals surface area contributed by atoms with Crippen LogP contribution in [0.1, 0.15) is 50.5 Å². The van der Waals surface area contributed by atoms with Crippen molar-refractivity contribution in [3.8, 4) is 0 Å². The first-order chi connectivity index (χ1) is 16.0. The van der Waals surface area contributed by atoms with Gasteiger partial charge in [0, 0.05) is 33.6 Å². The van der Waals surface area contributed by atoms with Crippen LogP contribution in [-0.2, 0) is 0 Å². The molecule has 1 atom stereocenters. The van der Waals surface area contributed by atoms with E-state index in [-0.39, 0.29) is 17.5 Å². The fraction of sp³-hybridized carbons (Fsp3) is 0.333. The average molecular weight is 509 g/mol. The quantitative estimate of drug-likeness (QED) is 0.285. The minimum atomic E-state index is -0.346. The molecule has 1 aliphatic rings. The van der Waals surface area contributed by atoms with Gasteiger partial charge in [-0.1, -0.05) is 15.9 Å². The third-order valence-electron chi connectivity index (χ3n) is 6.82. The Hall–Kier alpha value is -2.73. The molecule has 1 saturated carbocycles. The van der Waals surface area contributed by atoms with Crippen LogP contribution in [0.25, 0.3) is 21.9 Å².